The first-order valence-electron chi connectivity index (χ1n) is 13.6. The van der Waals surface area contributed by atoms with Crippen LogP contribution in [0.25, 0.3) is 45.9 Å². The second-order valence-electron chi connectivity index (χ2n) is 10.7. The van der Waals surface area contributed by atoms with Crippen molar-refractivity contribution in [2.45, 2.75) is 6.04 Å². The molecule has 0 saturated heterocycles. The molecule has 1 atom stereocenters. The maximum atomic E-state index is 2.58. The minimum Gasteiger partial charge on any atom is -0.318 e. The Morgan fingerprint density at radius 2 is 1.35 bits per heavy atom. The third-order valence-electron chi connectivity index (χ3n) is 8.70. The van der Waals surface area contributed by atoms with E-state index in [0.29, 0.717) is 0 Å². The fraction of sp³-hybridized carbons (Fsp3) is 0.0278. The molecule has 0 bridgehead atoms. The van der Waals surface area contributed by atoms with Crippen molar-refractivity contribution in [2.24, 2.45) is 0 Å². The van der Waals surface area contributed by atoms with Crippen LogP contribution in [0.4, 0.5) is 22.7 Å². The normalized spacial score (nSPS) is 17.1. The van der Waals surface area contributed by atoms with E-state index in [4.69, 9.17) is 0 Å². The number of benzene rings is 5. The molecule has 3 aliphatic rings. The predicted octanol–water partition coefficient (Wildman–Crippen LogP) is 10.2. The van der Waals surface area contributed by atoms with Gasteiger partial charge in [-0.05, 0) is 42.0 Å². The maximum Gasteiger partial charge on any atom is 0.235 e. The van der Waals surface area contributed by atoms with Crippen molar-refractivity contribution in [2.75, 3.05) is 4.90 Å². The number of allylic oxidation sites excluding steroid dienone is 2. The minimum absolute atomic E-state index is 0.133. The van der Waals surface area contributed by atoms with Crippen molar-refractivity contribution in [3.63, 3.8) is 0 Å². The topological polar surface area (TPSA) is 6.25 Å². The molecule has 1 aliphatic carbocycles. The number of fused-ring (bicyclic) bond motifs is 12. The summed E-state index contributed by atoms with van der Waals surface area (Å²) in [6.07, 6.45) is 6.92. The summed E-state index contributed by atoms with van der Waals surface area (Å²) >= 11 is 3.77. The zero-order valence-electron chi connectivity index (χ0n) is 21.3. The predicted molar refractivity (Wildman–Crippen MR) is 175 cm³/mol. The van der Waals surface area contributed by atoms with Gasteiger partial charge in [0.15, 0.2) is 0 Å². The Kier molecular flexibility index (Phi) is 4.04. The van der Waals surface area contributed by atoms with Crippen LogP contribution in [-0.2, 0) is 0 Å². The highest BCUT2D eigenvalue weighted by Crippen LogP contribution is 2.55. The molecule has 2 aliphatic heterocycles. The molecule has 186 valence electrons. The van der Waals surface area contributed by atoms with E-state index < -0.39 is 0 Å². The third-order valence-corrected chi connectivity index (χ3v) is 11.0. The Morgan fingerprint density at radius 1 is 0.625 bits per heavy atom. The van der Waals surface area contributed by atoms with Crippen LogP contribution >= 0.6 is 22.7 Å². The highest BCUT2D eigenvalue weighted by Gasteiger charge is 2.49. The highest BCUT2D eigenvalue weighted by molar-refractivity contribution is 7.26. The van der Waals surface area contributed by atoms with E-state index in [0.717, 1.165) is 0 Å². The van der Waals surface area contributed by atoms with E-state index >= 15 is 0 Å². The van der Waals surface area contributed by atoms with E-state index in [9.17, 15) is 0 Å². The molecule has 0 N–H and O–H groups in total. The zero-order valence-corrected chi connectivity index (χ0v) is 23.0. The molecule has 2 nitrogen and oxygen atoms in total. The van der Waals surface area contributed by atoms with Crippen LogP contribution in [-0.4, -0.2) is 11.8 Å². The highest BCUT2D eigenvalue weighted by atomic mass is 32.1. The smallest absolute Gasteiger partial charge is 0.235 e. The van der Waals surface area contributed by atoms with Crippen molar-refractivity contribution in [1.82, 2.24) is 4.58 Å². The fourth-order valence-corrected chi connectivity index (χ4v) is 9.32. The molecular weight excluding hydrogens is 525 g/mol. The van der Waals surface area contributed by atoms with Gasteiger partial charge in [-0.2, -0.15) is 4.58 Å². The van der Waals surface area contributed by atoms with E-state index in [1.54, 1.807) is 0 Å². The van der Waals surface area contributed by atoms with Crippen molar-refractivity contribution < 1.29 is 0 Å². The van der Waals surface area contributed by atoms with Crippen molar-refractivity contribution in [3.8, 4) is 0 Å². The van der Waals surface area contributed by atoms with Gasteiger partial charge < -0.3 is 4.90 Å². The Balaban J connectivity index is 1.29. The first-order chi connectivity index (χ1) is 19.8. The van der Waals surface area contributed by atoms with Crippen LogP contribution in [0.3, 0.4) is 0 Å². The number of hydrogen-bond acceptors (Lipinski definition) is 3. The van der Waals surface area contributed by atoms with Crippen LogP contribution in [0.1, 0.15) is 5.56 Å². The van der Waals surface area contributed by atoms with Gasteiger partial charge in [0, 0.05) is 70.2 Å². The van der Waals surface area contributed by atoms with E-state index in [2.05, 4.69) is 131 Å². The summed E-state index contributed by atoms with van der Waals surface area (Å²) in [5.41, 5.74) is 9.08. The first kappa shape index (κ1) is 21.3. The molecule has 10 rings (SSSR count). The lowest BCUT2D eigenvalue weighted by molar-refractivity contribution is 0.932. The number of rotatable bonds is 1. The summed E-state index contributed by atoms with van der Waals surface area (Å²) < 4.78 is 7.89. The lowest BCUT2D eigenvalue weighted by Gasteiger charge is -2.32. The number of thiophene rings is 2. The van der Waals surface area contributed by atoms with Gasteiger partial charge >= 0.3 is 0 Å². The fourth-order valence-electron chi connectivity index (χ4n) is 7.12. The van der Waals surface area contributed by atoms with Gasteiger partial charge in [0.1, 0.15) is 11.7 Å². The van der Waals surface area contributed by atoms with Gasteiger partial charge in [-0.3, -0.25) is 0 Å². The lowest BCUT2D eigenvalue weighted by atomic mass is 9.90. The molecule has 5 aromatic carbocycles. The van der Waals surface area contributed by atoms with Crippen LogP contribution in [0.15, 0.2) is 121 Å². The molecule has 0 amide bonds. The molecule has 2 aromatic heterocycles. The number of anilines is 2. The number of nitrogens with zero attached hydrogens (tertiary/aromatic N) is 2. The summed E-state index contributed by atoms with van der Waals surface area (Å²) in [7, 11) is 0. The van der Waals surface area contributed by atoms with Gasteiger partial charge in [0.05, 0.1) is 5.69 Å². The van der Waals surface area contributed by atoms with Crippen LogP contribution in [0.2, 0.25) is 0 Å². The van der Waals surface area contributed by atoms with Crippen molar-refractivity contribution in [1.29, 1.82) is 0 Å². The van der Waals surface area contributed by atoms with Crippen LogP contribution in [0.5, 0.6) is 0 Å². The van der Waals surface area contributed by atoms with Crippen molar-refractivity contribution in [3.05, 3.63) is 127 Å². The molecule has 0 fully saturated rings. The third kappa shape index (κ3) is 2.61. The van der Waals surface area contributed by atoms with Gasteiger partial charge in [0.25, 0.3) is 0 Å². The first-order valence-corrected chi connectivity index (χ1v) is 15.3. The van der Waals surface area contributed by atoms with Gasteiger partial charge in [-0.1, -0.05) is 60.7 Å². The largest absolute Gasteiger partial charge is 0.318 e. The zero-order chi connectivity index (χ0) is 25.9. The van der Waals surface area contributed by atoms with E-state index in [-0.39, 0.29) is 6.04 Å². The summed E-state index contributed by atoms with van der Waals surface area (Å²) in [5.74, 6) is 0. The molecule has 0 spiro atoms. The Morgan fingerprint density at radius 3 is 2.27 bits per heavy atom. The Labute approximate surface area is 238 Å². The molecule has 4 heterocycles. The monoisotopic (exact) mass is 545 g/mol. The van der Waals surface area contributed by atoms with Gasteiger partial charge in [0.2, 0.25) is 17.1 Å². The van der Waals surface area contributed by atoms with Crippen LogP contribution in [0, 0.1) is 0 Å². The van der Waals surface area contributed by atoms with E-state index in [1.165, 1.54) is 79.9 Å². The Bertz CT molecular complexity index is 2350. The molecule has 1 unspecified atom stereocenters. The summed E-state index contributed by atoms with van der Waals surface area (Å²) in [6, 6.07) is 38.3. The SMILES string of the molecule is C1=CC2=[N+](c3ccc4sc5ccccc5c4c3)c3ccccc3N3c4ccc5sc6ccccc6c5c4C(=C1)C23. The standard InChI is InChI=1S/C36H21N2S2/c1-5-14-30-22(8-1)25-20-21(16-18-32(25)39-30)37-26-11-3-4-12-27(26)38-28-17-19-33-35(23-9-2-6-15-31(23)40-33)34(28)24-10-7-13-29(37)36(24)38/h1-20,36H/q+1. The molecule has 40 heavy (non-hydrogen) atoms. The Hall–Kier alpha value is -4.51. The van der Waals surface area contributed by atoms with Crippen molar-refractivity contribution >= 4 is 97.1 Å². The van der Waals surface area contributed by atoms with Gasteiger partial charge in [-0.15, -0.1) is 22.7 Å². The van der Waals surface area contributed by atoms with Crippen LogP contribution < -0.4 is 9.48 Å². The lowest BCUT2D eigenvalue weighted by Crippen LogP contribution is -2.43. The second-order valence-corrected chi connectivity index (χ2v) is 12.9. The molecule has 7 aromatic rings. The average Bonchev–Trinajstić information content (AvgIpc) is 3.67. The summed E-state index contributed by atoms with van der Waals surface area (Å²) in [6.45, 7) is 0. The summed E-state index contributed by atoms with van der Waals surface area (Å²) in [4.78, 5) is 2.58. The molecular formula is C36H21N2S2+. The molecule has 4 heteroatoms. The number of para-hydroxylation sites is 2. The number of hydrogen-bond donors (Lipinski definition) is 0. The second kappa shape index (κ2) is 7.57. The summed E-state index contributed by atoms with van der Waals surface area (Å²) in [5, 5.41) is 5.41. The average molecular weight is 546 g/mol. The van der Waals surface area contributed by atoms with E-state index in [1.807, 2.05) is 22.7 Å². The quantitative estimate of drug-likeness (QED) is 0.186. The maximum absolute atomic E-state index is 2.58. The molecule has 0 saturated carbocycles. The minimum atomic E-state index is 0.133. The van der Waals surface area contributed by atoms with Gasteiger partial charge in [-0.25, -0.2) is 0 Å². The molecule has 0 radical (unpaired) electrons.